The molecule has 1 saturated heterocycles. The van der Waals surface area contributed by atoms with Crippen LogP contribution in [0.3, 0.4) is 0 Å². The van der Waals surface area contributed by atoms with Crippen molar-refractivity contribution in [3.05, 3.63) is 28.8 Å². The first-order chi connectivity index (χ1) is 8.47. The van der Waals surface area contributed by atoms with E-state index in [0.717, 1.165) is 5.56 Å². The van der Waals surface area contributed by atoms with Gasteiger partial charge in [-0.15, -0.1) is 0 Å². The molecule has 1 unspecified atom stereocenters. The lowest BCUT2D eigenvalue weighted by atomic mass is 10.1. The van der Waals surface area contributed by atoms with Crippen molar-refractivity contribution in [3.8, 4) is 5.75 Å². The molecule has 1 N–H and O–H groups in total. The van der Waals surface area contributed by atoms with Gasteiger partial charge in [-0.05, 0) is 37.6 Å². The first kappa shape index (κ1) is 13.2. The van der Waals surface area contributed by atoms with E-state index < -0.39 is 12.2 Å². The van der Waals surface area contributed by atoms with Gasteiger partial charge in [-0.3, -0.25) is 4.79 Å². The molecular formula is C13H16ClNO3. The van der Waals surface area contributed by atoms with E-state index in [1.807, 2.05) is 6.92 Å². The number of carbonyl (C=O) groups excluding carboxylic acids is 1. The zero-order valence-electron chi connectivity index (χ0n) is 10.4. The summed E-state index contributed by atoms with van der Waals surface area (Å²) in [5.41, 5.74) is 0.894. The van der Waals surface area contributed by atoms with Crippen LogP contribution in [0.15, 0.2) is 18.2 Å². The molecular weight excluding hydrogens is 254 g/mol. The molecule has 5 heteroatoms. The van der Waals surface area contributed by atoms with Crippen molar-refractivity contribution in [2.24, 2.45) is 0 Å². The van der Waals surface area contributed by atoms with Crippen LogP contribution in [0.1, 0.15) is 12.5 Å². The first-order valence-corrected chi connectivity index (χ1v) is 6.25. The number of carbonyl (C=O) groups is 1. The summed E-state index contributed by atoms with van der Waals surface area (Å²) >= 11 is 5.86. The van der Waals surface area contributed by atoms with Crippen LogP contribution < -0.4 is 4.74 Å². The molecule has 0 bridgehead atoms. The SMILES string of the molecule is Cc1cc(Cl)ccc1OC(C)C(=O)N1CC(O)C1. The van der Waals surface area contributed by atoms with Gasteiger partial charge < -0.3 is 14.7 Å². The molecule has 1 fully saturated rings. The van der Waals surface area contributed by atoms with Crippen LogP contribution in [0, 0.1) is 6.92 Å². The van der Waals surface area contributed by atoms with Crippen LogP contribution in [-0.4, -0.2) is 41.2 Å². The van der Waals surface area contributed by atoms with Crippen LogP contribution in [0.2, 0.25) is 5.02 Å². The fraction of sp³-hybridized carbons (Fsp3) is 0.462. The van der Waals surface area contributed by atoms with Gasteiger partial charge in [-0.2, -0.15) is 0 Å². The summed E-state index contributed by atoms with van der Waals surface area (Å²) in [6, 6.07) is 5.28. The maximum atomic E-state index is 11.9. The molecule has 0 spiro atoms. The van der Waals surface area contributed by atoms with Crippen LogP contribution >= 0.6 is 11.6 Å². The second-order valence-corrected chi connectivity index (χ2v) is 5.00. The number of aliphatic hydroxyl groups excluding tert-OH is 1. The standard InChI is InChI=1S/C13H16ClNO3/c1-8-5-10(14)3-4-12(8)18-9(2)13(17)15-6-11(16)7-15/h3-5,9,11,16H,6-7H2,1-2H3. The lowest BCUT2D eigenvalue weighted by Gasteiger charge is -2.37. The third-order valence-electron chi connectivity index (χ3n) is 2.96. The van der Waals surface area contributed by atoms with E-state index >= 15 is 0 Å². The highest BCUT2D eigenvalue weighted by Crippen LogP contribution is 2.23. The number of likely N-dealkylation sites (tertiary alicyclic amines) is 1. The van der Waals surface area contributed by atoms with E-state index in [4.69, 9.17) is 21.4 Å². The Morgan fingerprint density at radius 2 is 2.22 bits per heavy atom. The largest absolute Gasteiger partial charge is 0.481 e. The maximum Gasteiger partial charge on any atom is 0.263 e. The molecule has 98 valence electrons. The fourth-order valence-corrected chi connectivity index (χ4v) is 2.10. The molecule has 1 heterocycles. The highest BCUT2D eigenvalue weighted by molar-refractivity contribution is 6.30. The van der Waals surface area contributed by atoms with E-state index in [9.17, 15) is 4.79 Å². The van der Waals surface area contributed by atoms with Gasteiger partial charge >= 0.3 is 0 Å². The summed E-state index contributed by atoms with van der Waals surface area (Å²) in [5.74, 6) is 0.552. The monoisotopic (exact) mass is 269 g/mol. The molecule has 4 nitrogen and oxygen atoms in total. The normalized spacial score (nSPS) is 17.2. The van der Waals surface area contributed by atoms with Crippen molar-refractivity contribution < 1.29 is 14.6 Å². The van der Waals surface area contributed by atoms with Crippen molar-refractivity contribution in [2.75, 3.05) is 13.1 Å². The summed E-state index contributed by atoms with van der Waals surface area (Å²) in [6.07, 6.45) is -0.948. The Bertz CT molecular complexity index is 458. The smallest absolute Gasteiger partial charge is 0.263 e. The molecule has 1 amide bonds. The van der Waals surface area contributed by atoms with Gasteiger partial charge in [0.15, 0.2) is 6.10 Å². The summed E-state index contributed by atoms with van der Waals surface area (Å²) in [4.78, 5) is 13.5. The van der Waals surface area contributed by atoms with Crippen LogP contribution in [0.4, 0.5) is 0 Å². The lowest BCUT2D eigenvalue weighted by Crippen LogP contribution is -2.56. The predicted octanol–water partition coefficient (Wildman–Crippen LogP) is 1.62. The minimum Gasteiger partial charge on any atom is -0.481 e. The van der Waals surface area contributed by atoms with Crippen LogP contribution in [0.5, 0.6) is 5.75 Å². The molecule has 1 aromatic carbocycles. The Labute approximate surface area is 111 Å². The second-order valence-electron chi connectivity index (χ2n) is 4.57. The van der Waals surface area contributed by atoms with Gasteiger partial charge in [0.05, 0.1) is 6.10 Å². The molecule has 0 saturated carbocycles. The van der Waals surface area contributed by atoms with Gasteiger partial charge in [-0.25, -0.2) is 0 Å². The number of aliphatic hydroxyl groups is 1. The number of aryl methyl sites for hydroxylation is 1. The van der Waals surface area contributed by atoms with E-state index in [2.05, 4.69) is 0 Å². The minimum atomic E-state index is -0.558. The van der Waals surface area contributed by atoms with E-state index in [-0.39, 0.29) is 5.91 Å². The number of amides is 1. The van der Waals surface area contributed by atoms with E-state index in [1.54, 1.807) is 30.0 Å². The van der Waals surface area contributed by atoms with Crippen molar-refractivity contribution in [1.29, 1.82) is 0 Å². The number of ether oxygens (including phenoxy) is 1. The summed E-state index contributed by atoms with van der Waals surface area (Å²) in [7, 11) is 0. The zero-order chi connectivity index (χ0) is 13.3. The molecule has 1 aliphatic rings. The van der Waals surface area contributed by atoms with Gasteiger partial charge in [0, 0.05) is 18.1 Å². The average molecular weight is 270 g/mol. The predicted molar refractivity (Wildman–Crippen MR) is 68.9 cm³/mol. The summed E-state index contributed by atoms with van der Waals surface area (Å²) < 4.78 is 5.62. The Morgan fingerprint density at radius 1 is 1.56 bits per heavy atom. The molecule has 0 aliphatic carbocycles. The average Bonchev–Trinajstić information content (AvgIpc) is 2.27. The topological polar surface area (TPSA) is 49.8 Å². The number of hydrogen-bond donors (Lipinski definition) is 1. The van der Waals surface area contributed by atoms with Crippen molar-refractivity contribution in [2.45, 2.75) is 26.1 Å². The summed E-state index contributed by atoms with van der Waals surface area (Å²) in [5, 5.41) is 9.81. The quantitative estimate of drug-likeness (QED) is 0.907. The highest BCUT2D eigenvalue weighted by atomic mass is 35.5. The van der Waals surface area contributed by atoms with Gasteiger partial charge in [0.1, 0.15) is 5.75 Å². The minimum absolute atomic E-state index is 0.102. The Hall–Kier alpha value is -1.26. The number of benzene rings is 1. The number of halogens is 1. The first-order valence-electron chi connectivity index (χ1n) is 5.87. The van der Waals surface area contributed by atoms with Gasteiger partial charge in [-0.1, -0.05) is 11.6 Å². The zero-order valence-corrected chi connectivity index (χ0v) is 11.1. The summed E-state index contributed by atoms with van der Waals surface area (Å²) in [6.45, 7) is 4.38. The third-order valence-corrected chi connectivity index (χ3v) is 3.20. The highest BCUT2D eigenvalue weighted by Gasteiger charge is 2.32. The van der Waals surface area contributed by atoms with Crippen LogP contribution in [0.25, 0.3) is 0 Å². The maximum absolute atomic E-state index is 11.9. The Morgan fingerprint density at radius 3 is 2.78 bits per heavy atom. The lowest BCUT2D eigenvalue weighted by molar-refractivity contribution is -0.148. The van der Waals surface area contributed by atoms with Crippen molar-refractivity contribution >= 4 is 17.5 Å². The molecule has 2 rings (SSSR count). The third kappa shape index (κ3) is 2.76. The number of hydrogen-bond acceptors (Lipinski definition) is 3. The van der Waals surface area contributed by atoms with Gasteiger partial charge in [0.2, 0.25) is 0 Å². The molecule has 0 aromatic heterocycles. The number of β-amino-alcohol motifs (C(OH)–C–C–N with tert-alkyl or cyclic N) is 1. The van der Waals surface area contributed by atoms with E-state index in [1.165, 1.54) is 0 Å². The Kier molecular flexibility index (Phi) is 3.78. The molecule has 1 atom stereocenters. The molecule has 18 heavy (non-hydrogen) atoms. The molecule has 1 aromatic rings. The number of nitrogens with zero attached hydrogens (tertiary/aromatic N) is 1. The van der Waals surface area contributed by atoms with Crippen molar-refractivity contribution in [3.63, 3.8) is 0 Å². The second kappa shape index (κ2) is 5.16. The van der Waals surface area contributed by atoms with E-state index in [0.29, 0.717) is 23.9 Å². The van der Waals surface area contributed by atoms with Gasteiger partial charge in [0.25, 0.3) is 5.91 Å². The Balaban J connectivity index is 1.98. The molecule has 1 aliphatic heterocycles. The fourth-order valence-electron chi connectivity index (χ4n) is 1.88. The number of rotatable bonds is 3. The molecule has 0 radical (unpaired) electrons. The van der Waals surface area contributed by atoms with Crippen molar-refractivity contribution in [1.82, 2.24) is 4.90 Å². The van der Waals surface area contributed by atoms with Crippen LogP contribution in [-0.2, 0) is 4.79 Å².